The van der Waals surface area contributed by atoms with Gasteiger partial charge < -0.3 is 6.53 Å². The van der Waals surface area contributed by atoms with Gasteiger partial charge in [0.05, 0.1) is 22.5 Å². The number of hydrogen-bond acceptors (Lipinski definition) is 2. The standard InChI is InChI=1S/C18H17F4NO2.Na.H/c1-9(2)6-15-16(17(24)25)12(18(20,21)22)8-14(23-15)11-5-4-10(3)13(19)7-11;;/h4-5,7-9H,6H2,1-3H3,(H,24,25);;/q;+1;-1. The van der Waals surface area contributed by atoms with Crippen LogP contribution in [0.3, 0.4) is 0 Å². The average molecular weight is 379 g/mol. The summed E-state index contributed by atoms with van der Waals surface area (Å²) < 4.78 is 54.0. The number of nitrogens with zero attached hydrogens (tertiary/aromatic N) is 1. The molecule has 1 aromatic heterocycles. The van der Waals surface area contributed by atoms with Crippen molar-refractivity contribution in [1.82, 2.24) is 4.98 Å². The number of halogens is 4. The fraction of sp³-hybridized carbons (Fsp3) is 0.333. The van der Waals surface area contributed by atoms with Crippen molar-refractivity contribution in [2.45, 2.75) is 33.4 Å². The van der Waals surface area contributed by atoms with Crippen LogP contribution in [0.5, 0.6) is 0 Å². The number of alkyl halides is 3. The minimum atomic E-state index is -4.86. The van der Waals surface area contributed by atoms with E-state index < -0.39 is 29.1 Å². The van der Waals surface area contributed by atoms with Gasteiger partial charge in [0.2, 0.25) is 0 Å². The smallest absolute Gasteiger partial charge is 1.00 e. The quantitative estimate of drug-likeness (QED) is 0.655. The predicted molar refractivity (Wildman–Crippen MR) is 86.0 cm³/mol. The molecule has 0 aliphatic rings. The Morgan fingerprint density at radius 1 is 1.27 bits per heavy atom. The molecule has 8 heteroatoms. The number of aryl methyl sites for hydroxylation is 1. The van der Waals surface area contributed by atoms with E-state index in [4.69, 9.17) is 0 Å². The van der Waals surface area contributed by atoms with Crippen molar-refractivity contribution in [3.8, 4) is 11.3 Å². The predicted octanol–water partition coefficient (Wildman–Crippen LogP) is 2.23. The third kappa shape index (κ3) is 5.05. The van der Waals surface area contributed by atoms with E-state index in [9.17, 15) is 27.5 Å². The summed E-state index contributed by atoms with van der Waals surface area (Å²) in [4.78, 5) is 15.5. The molecule has 0 spiro atoms. The van der Waals surface area contributed by atoms with Gasteiger partial charge in [-0.3, -0.25) is 4.98 Å². The Morgan fingerprint density at radius 3 is 2.35 bits per heavy atom. The van der Waals surface area contributed by atoms with Gasteiger partial charge in [-0.2, -0.15) is 13.2 Å². The minimum absolute atomic E-state index is 0. The first-order valence-corrected chi connectivity index (χ1v) is 7.61. The van der Waals surface area contributed by atoms with Crippen LogP contribution in [-0.4, -0.2) is 16.1 Å². The zero-order valence-corrected chi connectivity index (χ0v) is 16.9. The molecule has 0 fully saturated rings. The molecule has 0 unspecified atom stereocenters. The maximum atomic E-state index is 13.8. The van der Waals surface area contributed by atoms with Gasteiger partial charge in [0.15, 0.2) is 0 Å². The molecule has 0 atom stereocenters. The molecule has 2 aromatic rings. The maximum absolute atomic E-state index is 13.8. The Kier molecular flexibility index (Phi) is 7.39. The second-order valence-corrected chi connectivity index (χ2v) is 6.24. The second-order valence-electron chi connectivity index (χ2n) is 6.24. The summed E-state index contributed by atoms with van der Waals surface area (Å²) in [6.07, 6.45) is -4.80. The molecule has 1 N–H and O–H groups in total. The number of carboxylic acid groups (broad SMARTS) is 1. The van der Waals surface area contributed by atoms with Gasteiger partial charge in [0.1, 0.15) is 5.82 Å². The van der Waals surface area contributed by atoms with E-state index in [0.29, 0.717) is 11.6 Å². The average Bonchev–Trinajstić information content (AvgIpc) is 2.47. The molecular formula is C18H18F4NNaO2. The first kappa shape index (κ1) is 22.6. The normalized spacial score (nSPS) is 11.4. The molecule has 0 bridgehead atoms. The fourth-order valence-corrected chi connectivity index (χ4v) is 2.49. The first-order chi connectivity index (χ1) is 11.5. The Balaban J connectivity index is 0.00000338. The zero-order valence-electron chi connectivity index (χ0n) is 15.9. The molecule has 0 radical (unpaired) electrons. The summed E-state index contributed by atoms with van der Waals surface area (Å²) >= 11 is 0. The third-order valence-electron chi connectivity index (χ3n) is 3.68. The molecule has 26 heavy (non-hydrogen) atoms. The van der Waals surface area contributed by atoms with E-state index in [2.05, 4.69) is 4.98 Å². The van der Waals surface area contributed by atoms with Crippen molar-refractivity contribution in [2.24, 2.45) is 5.92 Å². The number of carbonyl (C=O) groups is 1. The number of aromatic carboxylic acids is 1. The zero-order chi connectivity index (χ0) is 18.9. The van der Waals surface area contributed by atoms with Gasteiger partial charge in [-0.05, 0) is 37.0 Å². The molecule has 3 nitrogen and oxygen atoms in total. The van der Waals surface area contributed by atoms with Crippen LogP contribution in [0.15, 0.2) is 24.3 Å². The molecule has 0 aliphatic carbocycles. The van der Waals surface area contributed by atoms with E-state index >= 15 is 0 Å². The van der Waals surface area contributed by atoms with Crippen LogP contribution in [0.2, 0.25) is 0 Å². The Labute approximate surface area is 172 Å². The van der Waals surface area contributed by atoms with Gasteiger partial charge in [-0.15, -0.1) is 0 Å². The van der Waals surface area contributed by atoms with Gasteiger partial charge in [-0.1, -0.05) is 26.0 Å². The molecule has 1 heterocycles. The van der Waals surface area contributed by atoms with Gasteiger partial charge in [0.25, 0.3) is 0 Å². The summed E-state index contributed by atoms with van der Waals surface area (Å²) in [6.45, 7) is 5.03. The molecule has 0 amide bonds. The summed E-state index contributed by atoms with van der Waals surface area (Å²) in [7, 11) is 0. The summed E-state index contributed by atoms with van der Waals surface area (Å²) in [5.74, 6) is -2.35. The van der Waals surface area contributed by atoms with Crippen molar-refractivity contribution < 1.29 is 58.4 Å². The largest absolute Gasteiger partial charge is 1.00 e. The number of benzene rings is 1. The molecule has 0 aliphatic heterocycles. The van der Waals surface area contributed by atoms with Crippen LogP contribution >= 0.6 is 0 Å². The van der Waals surface area contributed by atoms with E-state index in [1.54, 1.807) is 13.8 Å². The Bertz CT molecular complexity index is 826. The number of rotatable bonds is 4. The third-order valence-corrected chi connectivity index (χ3v) is 3.68. The van der Waals surface area contributed by atoms with Crippen molar-refractivity contribution in [1.29, 1.82) is 0 Å². The monoisotopic (exact) mass is 379 g/mol. The van der Waals surface area contributed by atoms with E-state index in [1.165, 1.54) is 19.1 Å². The Hall–Kier alpha value is -1.44. The molecule has 1 aromatic carbocycles. The van der Waals surface area contributed by atoms with Crippen LogP contribution in [0.25, 0.3) is 11.3 Å². The van der Waals surface area contributed by atoms with Crippen molar-refractivity contribution >= 4 is 5.97 Å². The van der Waals surface area contributed by atoms with Crippen LogP contribution < -0.4 is 29.6 Å². The van der Waals surface area contributed by atoms with Gasteiger partial charge in [0, 0.05) is 5.56 Å². The fourth-order valence-electron chi connectivity index (χ4n) is 2.49. The number of pyridine rings is 1. The van der Waals surface area contributed by atoms with E-state index in [0.717, 1.165) is 6.07 Å². The minimum Gasteiger partial charge on any atom is -1.00 e. The summed E-state index contributed by atoms with van der Waals surface area (Å²) in [5.41, 5.74) is -1.88. The van der Waals surface area contributed by atoms with Gasteiger partial charge in [-0.25, -0.2) is 9.18 Å². The number of carboxylic acids is 1. The molecular weight excluding hydrogens is 361 g/mol. The molecule has 0 saturated heterocycles. The Morgan fingerprint density at radius 2 is 1.88 bits per heavy atom. The SMILES string of the molecule is Cc1ccc(-c2cc(C(F)(F)F)c(C(=O)O)c(CC(C)C)n2)cc1F.[H-].[Na+]. The topological polar surface area (TPSA) is 50.2 Å². The van der Waals surface area contributed by atoms with E-state index in [1.807, 2.05) is 0 Å². The van der Waals surface area contributed by atoms with Crippen molar-refractivity contribution in [3.63, 3.8) is 0 Å². The maximum Gasteiger partial charge on any atom is 1.00 e. The van der Waals surface area contributed by atoms with Crippen LogP contribution in [-0.2, 0) is 12.6 Å². The summed E-state index contributed by atoms with van der Waals surface area (Å²) in [6, 6.07) is 4.65. The molecule has 0 saturated carbocycles. The van der Waals surface area contributed by atoms with Crippen LogP contribution in [0.1, 0.15) is 42.5 Å². The number of aromatic nitrogens is 1. The van der Waals surface area contributed by atoms with Crippen molar-refractivity contribution in [3.05, 3.63) is 52.5 Å². The molecule has 136 valence electrons. The van der Waals surface area contributed by atoms with Crippen LogP contribution in [0.4, 0.5) is 17.6 Å². The molecule has 2 rings (SSSR count). The first-order valence-electron chi connectivity index (χ1n) is 7.61. The van der Waals surface area contributed by atoms with Crippen molar-refractivity contribution in [2.75, 3.05) is 0 Å². The second kappa shape index (κ2) is 8.50. The van der Waals surface area contributed by atoms with E-state index in [-0.39, 0.29) is 60.3 Å². The number of hydrogen-bond donors (Lipinski definition) is 1. The summed E-state index contributed by atoms with van der Waals surface area (Å²) in [5, 5.41) is 9.26. The van der Waals surface area contributed by atoms with Gasteiger partial charge >= 0.3 is 41.7 Å². The van der Waals surface area contributed by atoms with Crippen LogP contribution in [0, 0.1) is 18.7 Å².